The summed E-state index contributed by atoms with van der Waals surface area (Å²) in [6, 6.07) is -0.437. The smallest absolute Gasteiger partial charge is 0.410 e. The van der Waals surface area contributed by atoms with Gasteiger partial charge in [-0.05, 0) is 39.3 Å². The van der Waals surface area contributed by atoms with Crippen LogP contribution in [0.4, 0.5) is 9.18 Å². The largest absolute Gasteiger partial charge is 0.444 e. The van der Waals surface area contributed by atoms with E-state index >= 15 is 4.39 Å². The minimum atomic E-state index is -1.79. The second kappa shape index (κ2) is 7.09. The zero-order valence-corrected chi connectivity index (χ0v) is 15.5. The Balaban J connectivity index is 1.82. The van der Waals surface area contributed by atoms with Gasteiger partial charge in [0.05, 0.1) is 12.6 Å². The van der Waals surface area contributed by atoms with Gasteiger partial charge in [-0.3, -0.25) is 9.98 Å². The molecule has 0 aliphatic carbocycles. The minimum absolute atomic E-state index is 0.0828. The van der Waals surface area contributed by atoms with Crippen LogP contribution in [-0.4, -0.2) is 77.1 Å². The highest BCUT2D eigenvalue weighted by atomic mass is 19.1. The highest BCUT2D eigenvalue weighted by molar-refractivity contribution is 5.72. The molecule has 1 amide bonds. The second-order valence-electron chi connectivity index (χ2n) is 7.64. The Bertz CT molecular complexity index is 654. The summed E-state index contributed by atoms with van der Waals surface area (Å²) in [6.07, 6.45) is 10.4. The van der Waals surface area contributed by atoms with Crippen LogP contribution in [0.15, 0.2) is 34.5 Å². The average molecular weight is 363 g/mol. The Labute approximate surface area is 153 Å². The van der Waals surface area contributed by atoms with Gasteiger partial charge >= 0.3 is 6.09 Å². The SMILES string of the molecule is CC(C)(C)OC(=O)N1CCC(N2C=CC=NC2)C(F)(N2C=CC=NC2)C1. The van der Waals surface area contributed by atoms with E-state index in [-0.39, 0.29) is 13.2 Å². The first kappa shape index (κ1) is 18.4. The van der Waals surface area contributed by atoms with Gasteiger partial charge in [-0.15, -0.1) is 0 Å². The fraction of sp³-hybridized carbons (Fsp3) is 0.611. The monoisotopic (exact) mass is 363 g/mol. The molecule has 3 rings (SSSR count). The number of hydrogen-bond donors (Lipinski definition) is 0. The molecule has 2 unspecified atom stereocenters. The molecule has 0 spiro atoms. The van der Waals surface area contributed by atoms with E-state index in [1.807, 2.05) is 11.1 Å². The van der Waals surface area contributed by atoms with Crippen molar-refractivity contribution < 1.29 is 13.9 Å². The first-order chi connectivity index (χ1) is 12.3. The Kier molecular flexibility index (Phi) is 5.02. The number of alkyl halides is 1. The summed E-state index contributed by atoms with van der Waals surface area (Å²) in [7, 11) is 0. The van der Waals surface area contributed by atoms with Crippen molar-refractivity contribution in [2.24, 2.45) is 9.98 Å². The third-order valence-electron chi connectivity index (χ3n) is 4.53. The van der Waals surface area contributed by atoms with Gasteiger partial charge in [-0.1, -0.05) is 0 Å². The number of carbonyl (C=O) groups excluding carboxylic acids is 1. The fourth-order valence-electron chi connectivity index (χ4n) is 3.36. The van der Waals surface area contributed by atoms with Crippen LogP contribution in [0.25, 0.3) is 0 Å². The Hall–Kier alpha value is -2.38. The molecule has 1 fully saturated rings. The minimum Gasteiger partial charge on any atom is -0.444 e. The van der Waals surface area contributed by atoms with Crippen LogP contribution in [0.2, 0.25) is 0 Å². The number of halogens is 1. The highest BCUT2D eigenvalue weighted by Crippen LogP contribution is 2.35. The van der Waals surface area contributed by atoms with Crippen LogP contribution < -0.4 is 0 Å². The maximum atomic E-state index is 16.4. The topological polar surface area (TPSA) is 60.7 Å². The summed E-state index contributed by atoms with van der Waals surface area (Å²) in [5.74, 6) is -1.79. The van der Waals surface area contributed by atoms with E-state index in [2.05, 4.69) is 9.98 Å². The molecule has 0 aromatic rings. The molecule has 3 heterocycles. The normalized spacial score (nSPS) is 28.6. The fourth-order valence-corrected chi connectivity index (χ4v) is 3.36. The Morgan fingerprint density at radius 2 is 1.88 bits per heavy atom. The lowest BCUT2D eigenvalue weighted by atomic mass is 9.93. The third-order valence-corrected chi connectivity index (χ3v) is 4.53. The predicted octanol–water partition coefficient (Wildman–Crippen LogP) is 2.38. The van der Waals surface area contributed by atoms with Crippen molar-refractivity contribution >= 4 is 18.5 Å². The molecule has 0 saturated carbocycles. The standard InChI is InChI=1S/C18H26FN5O2/c1-17(2,3)26-16(25)22-11-6-15(23-9-4-7-20-13-23)18(19,12-22)24-10-5-8-21-14-24/h4-5,7-10,15H,6,11-14H2,1-3H3. The number of ether oxygens (including phenoxy) is 1. The van der Waals surface area contributed by atoms with Crippen LogP contribution in [0, 0.1) is 0 Å². The number of allylic oxidation sites excluding steroid dienone is 2. The van der Waals surface area contributed by atoms with Gasteiger partial charge in [-0.2, -0.15) is 0 Å². The van der Waals surface area contributed by atoms with E-state index in [1.54, 1.807) is 56.5 Å². The molecular formula is C18H26FN5O2. The summed E-state index contributed by atoms with van der Waals surface area (Å²) in [5.41, 5.74) is -0.619. The molecule has 3 aliphatic heterocycles. The summed E-state index contributed by atoms with van der Waals surface area (Å²) in [4.78, 5) is 25.8. The molecule has 0 aromatic carbocycles. The molecule has 0 aromatic heterocycles. The number of hydrogen-bond acceptors (Lipinski definition) is 6. The van der Waals surface area contributed by atoms with Gasteiger partial charge in [0.25, 0.3) is 0 Å². The quantitative estimate of drug-likeness (QED) is 0.707. The van der Waals surface area contributed by atoms with Crippen LogP contribution in [0.3, 0.4) is 0 Å². The second-order valence-corrected chi connectivity index (χ2v) is 7.64. The maximum Gasteiger partial charge on any atom is 0.410 e. The van der Waals surface area contributed by atoms with E-state index in [4.69, 9.17) is 4.74 Å². The number of nitrogens with zero attached hydrogens (tertiary/aromatic N) is 5. The maximum absolute atomic E-state index is 16.4. The molecule has 7 nitrogen and oxygen atoms in total. The zero-order chi connectivity index (χ0) is 18.8. The molecule has 0 radical (unpaired) electrons. The summed E-state index contributed by atoms with van der Waals surface area (Å²) < 4.78 is 21.8. The number of likely N-dealkylation sites (tertiary alicyclic amines) is 1. The van der Waals surface area contributed by atoms with Gasteiger partial charge in [0.2, 0.25) is 5.79 Å². The molecule has 2 atom stereocenters. The van der Waals surface area contributed by atoms with E-state index < -0.39 is 23.5 Å². The van der Waals surface area contributed by atoms with E-state index in [0.29, 0.717) is 19.6 Å². The van der Waals surface area contributed by atoms with Crippen molar-refractivity contribution in [2.45, 2.75) is 44.6 Å². The van der Waals surface area contributed by atoms with Crippen LogP contribution in [0.5, 0.6) is 0 Å². The molecule has 0 bridgehead atoms. The van der Waals surface area contributed by atoms with Crippen molar-refractivity contribution in [1.82, 2.24) is 14.7 Å². The average Bonchev–Trinajstić information content (AvgIpc) is 2.61. The molecule has 8 heteroatoms. The van der Waals surface area contributed by atoms with Crippen molar-refractivity contribution in [3.05, 3.63) is 24.6 Å². The molecule has 142 valence electrons. The first-order valence-electron chi connectivity index (χ1n) is 8.82. The van der Waals surface area contributed by atoms with Gasteiger partial charge in [0.1, 0.15) is 18.9 Å². The first-order valence-corrected chi connectivity index (χ1v) is 8.82. The molecule has 3 aliphatic rings. The molecule has 1 saturated heterocycles. The van der Waals surface area contributed by atoms with Crippen molar-refractivity contribution in [1.29, 1.82) is 0 Å². The number of rotatable bonds is 2. The number of amides is 1. The lowest BCUT2D eigenvalue weighted by Gasteiger charge is -2.51. The molecular weight excluding hydrogens is 337 g/mol. The van der Waals surface area contributed by atoms with Crippen molar-refractivity contribution in [3.8, 4) is 0 Å². The summed E-state index contributed by atoms with van der Waals surface area (Å²) in [5, 5.41) is 0. The zero-order valence-electron chi connectivity index (χ0n) is 15.5. The van der Waals surface area contributed by atoms with Crippen LogP contribution in [-0.2, 0) is 4.74 Å². The van der Waals surface area contributed by atoms with Gasteiger partial charge in [-0.25, -0.2) is 9.18 Å². The lowest BCUT2D eigenvalue weighted by molar-refractivity contribution is -0.111. The lowest BCUT2D eigenvalue weighted by Crippen LogP contribution is -2.67. The number of aliphatic imine (C=N–C) groups is 2. The molecule has 0 N–H and O–H groups in total. The Morgan fingerprint density at radius 3 is 2.46 bits per heavy atom. The van der Waals surface area contributed by atoms with Crippen LogP contribution in [0.1, 0.15) is 27.2 Å². The van der Waals surface area contributed by atoms with E-state index in [1.165, 1.54) is 4.90 Å². The van der Waals surface area contributed by atoms with Gasteiger partial charge < -0.3 is 19.4 Å². The number of carbonyl (C=O) groups is 1. The van der Waals surface area contributed by atoms with E-state index in [9.17, 15) is 4.79 Å². The third kappa shape index (κ3) is 3.89. The van der Waals surface area contributed by atoms with Gasteiger partial charge in [0, 0.05) is 31.4 Å². The summed E-state index contributed by atoms with van der Waals surface area (Å²) >= 11 is 0. The number of piperidine rings is 1. The van der Waals surface area contributed by atoms with Crippen LogP contribution >= 0.6 is 0 Å². The highest BCUT2D eigenvalue weighted by Gasteiger charge is 2.51. The van der Waals surface area contributed by atoms with Gasteiger partial charge in [0.15, 0.2) is 0 Å². The predicted molar refractivity (Wildman–Crippen MR) is 98.7 cm³/mol. The van der Waals surface area contributed by atoms with E-state index in [0.717, 1.165) is 0 Å². The molecule has 26 heavy (non-hydrogen) atoms. The van der Waals surface area contributed by atoms with Crippen molar-refractivity contribution in [2.75, 3.05) is 26.4 Å². The Morgan fingerprint density at radius 1 is 1.19 bits per heavy atom. The van der Waals surface area contributed by atoms with Crippen molar-refractivity contribution in [3.63, 3.8) is 0 Å². The summed E-state index contributed by atoms with van der Waals surface area (Å²) in [6.45, 7) is 6.38.